The average Bonchev–Trinajstić information content (AvgIpc) is 2.64. The smallest absolute Gasteiger partial charge is 0.429 e. The Morgan fingerprint density at radius 2 is 1.39 bits per heavy atom. The molecule has 0 amide bonds. The first-order valence-electron chi connectivity index (χ1n) is 8.72. The summed E-state index contributed by atoms with van der Waals surface area (Å²) < 4.78 is 82.1. The molecule has 0 unspecified atom stereocenters. The molecule has 2 aromatic carbocycles. The molecule has 9 heteroatoms. The van der Waals surface area contributed by atoms with Crippen molar-refractivity contribution in [3.05, 3.63) is 36.4 Å². The molecule has 1 fully saturated rings. The molecule has 1 heterocycles. The maximum atomic E-state index is 12.9. The number of hydrogen-bond acceptors (Lipinski definition) is 2. The lowest BCUT2D eigenvalue weighted by atomic mass is 10.0. The van der Waals surface area contributed by atoms with Gasteiger partial charge in [-0.3, -0.25) is 0 Å². The van der Waals surface area contributed by atoms with Gasteiger partial charge in [-0.25, -0.2) is 0 Å². The summed E-state index contributed by atoms with van der Waals surface area (Å²) in [7, 11) is -0.00499. The number of rotatable bonds is 4. The summed E-state index contributed by atoms with van der Waals surface area (Å²) in [6.45, 7) is -1.96. The largest absolute Gasteiger partial charge is 0.489 e. The van der Waals surface area contributed by atoms with Crippen molar-refractivity contribution in [1.29, 1.82) is 0 Å². The van der Waals surface area contributed by atoms with Crippen LogP contribution in [0.5, 0.6) is 5.75 Å². The highest BCUT2D eigenvalue weighted by Gasteiger charge is 2.71. The first kappa shape index (κ1) is 21.1. The Morgan fingerprint density at radius 1 is 0.821 bits per heavy atom. The van der Waals surface area contributed by atoms with Gasteiger partial charge >= 0.3 is 12.4 Å². The first-order valence-corrected chi connectivity index (χ1v) is 10.3. The van der Waals surface area contributed by atoms with E-state index >= 15 is 0 Å². The lowest BCUT2D eigenvalue weighted by Gasteiger charge is -2.32. The minimum atomic E-state index is -5.91. The van der Waals surface area contributed by atoms with Gasteiger partial charge in [0.2, 0.25) is 0 Å². The van der Waals surface area contributed by atoms with Gasteiger partial charge in [0.1, 0.15) is 23.9 Å². The molecule has 0 radical (unpaired) electrons. The summed E-state index contributed by atoms with van der Waals surface area (Å²) in [4.78, 5) is 1.05. The quantitative estimate of drug-likeness (QED) is 0.537. The van der Waals surface area contributed by atoms with Gasteiger partial charge in [-0.15, -0.1) is 0 Å². The molecular formula is C19H19F6O2S+. The first-order chi connectivity index (χ1) is 13.0. The number of benzene rings is 2. The van der Waals surface area contributed by atoms with Crippen molar-refractivity contribution < 1.29 is 36.2 Å². The molecule has 3 rings (SSSR count). The van der Waals surface area contributed by atoms with Crippen LogP contribution >= 0.6 is 0 Å². The highest BCUT2D eigenvalue weighted by molar-refractivity contribution is 7.97. The Kier molecular flexibility index (Phi) is 5.78. The highest BCUT2D eigenvalue weighted by atomic mass is 32.2. The monoisotopic (exact) mass is 425 g/mol. The standard InChI is InChI=1S/C19H19F6O2S/c20-18(21,22)17(26,19(23,24)25)12-27-15-8-9-16(28-10-4-1-5-11-28)14-7-3-2-6-13(14)15/h2-3,6-9,26H,1,4-5,10-12H2/q+1. The molecule has 0 spiro atoms. The number of alkyl halides is 6. The van der Waals surface area contributed by atoms with Crippen LogP contribution in [0, 0.1) is 0 Å². The molecule has 0 bridgehead atoms. The molecule has 1 aliphatic heterocycles. The van der Waals surface area contributed by atoms with Gasteiger partial charge < -0.3 is 9.84 Å². The van der Waals surface area contributed by atoms with Crippen LogP contribution in [0.2, 0.25) is 0 Å². The lowest BCUT2D eigenvalue weighted by Crippen LogP contribution is -2.60. The van der Waals surface area contributed by atoms with Crippen LogP contribution < -0.4 is 4.74 Å². The highest BCUT2D eigenvalue weighted by Crippen LogP contribution is 2.44. The summed E-state index contributed by atoms with van der Waals surface area (Å²) in [6.07, 6.45) is -8.47. The molecule has 2 nitrogen and oxygen atoms in total. The van der Waals surface area contributed by atoms with E-state index in [0.29, 0.717) is 5.39 Å². The second-order valence-corrected chi connectivity index (χ2v) is 8.96. The molecule has 154 valence electrons. The Hall–Kier alpha value is -1.61. The Balaban J connectivity index is 1.94. The van der Waals surface area contributed by atoms with E-state index in [0.717, 1.165) is 41.0 Å². The van der Waals surface area contributed by atoms with Gasteiger partial charge in [0.15, 0.2) is 4.90 Å². The Morgan fingerprint density at radius 3 is 1.96 bits per heavy atom. The minimum absolute atomic E-state index is 0.00499. The zero-order valence-electron chi connectivity index (χ0n) is 14.7. The number of hydrogen-bond donors (Lipinski definition) is 1. The van der Waals surface area contributed by atoms with Crippen molar-refractivity contribution in [2.45, 2.75) is 42.1 Å². The summed E-state index contributed by atoms with van der Waals surface area (Å²) >= 11 is 0. The summed E-state index contributed by atoms with van der Waals surface area (Å²) in [5, 5.41) is 10.5. The van der Waals surface area contributed by atoms with E-state index in [-0.39, 0.29) is 16.6 Å². The zero-order valence-corrected chi connectivity index (χ0v) is 15.6. The van der Waals surface area contributed by atoms with Crippen LogP contribution in [-0.4, -0.2) is 41.2 Å². The molecule has 1 N–H and O–H groups in total. The number of aliphatic hydroxyl groups is 1. The SMILES string of the molecule is OC(COc1ccc([S+]2CCCCC2)c2ccccc12)(C(F)(F)F)C(F)(F)F. The van der Waals surface area contributed by atoms with E-state index in [2.05, 4.69) is 0 Å². The third-order valence-corrected chi connectivity index (χ3v) is 7.35. The molecule has 0 saturated carbocycles. The summed E-state index contributed by atoms with van der Waals surface area (Å²) in [6, 6.07) is 9.91. The van der Waals surface area contributed by atoms with E-state index in [4.69, 9.17) is 4.74 Å². The molecule has 1 saturated heterocycles. The van der Waals surface area contributed by atoms with E-state index in [9.17, 15) is 31.4 Å². The van der Waals surface area contributed by atoms with Gasteiger partial charge in [0.25, 0.3) is 5.60 Å². The van der Waals surface area contributed by atoms with Gasteiger partial charge in [0, 0.05) is 21.7 Å². The number of halogens is 6. The van der Waals surface area contributed by atoms with Gasteiger partial charge in [0.05, 0.1) is 0 Å². The molecule has 1 aliphatic rings. The Bertz CT molecular complexity index is 813. The van der Waals surface area contributed by atoms with Crippen LogP contribution in [0.1, 0.15) is 19.3 Å². The summed E-state index contributed by atoms with van der Waals surface area (Å²) in [5.74, 6) is 1.92. The zero-order chi connectivity index (χ0) is 20.6. The molecule has 2 aromatic rings. The van der Waals surface area contributed by atoms with Gasteiger partial charge in [-0.05, 0) is 37.5 Å². The van der Waals surface area contributed by atoms with Crippen molar-refractivity contribution in [2.75, 3.05) is 18.1 Å². The second kappa shape index (κ2) is 7.67. The van der Waals surface area contributed by atoms with E-state index in [1.54, 1.807) is 30.3 Å². The van der Waals surface area contributed by atoms with Crippen molar-refractivity contribution in [2.24, 2.45) is 0 Å². The third kappa shape index (κ3) is 3.91. The second-order valence-electron chi connectivity index (χ2n) is 6.71. The maximum Gasteiger partial charge on any atom is 0.429 e. The van der Waals surface area contributed by atoms with Crippen molar-refractivity contribution in [3.8, 4) is 5.75 Å². The fourth-order valence-corrected chi connectivity index (χ4v) is 5.68. The number of fused-ring (bicyclic) bond motifs is 1. The predicted molar refractivity (Wildman–Crippen MR) is 95.7 cm³/mol. The number of ether oxygens (including phenoxy) is 1. The molecule has 0 atom stereocenters. The normalized spacial score (nSPS) is 17.1. The summed E-state index contributed by atoms with van der Waals surface area (Å²) in [5.41, 5.74) is -4.94. The third-order valence-electron chi connectivity index (χ3n) is 4.81. The van der Waals surface area contributed by atoms with E-state index < -0.39 is 24.6 Å². The molecule has 0 aromatic heterocycles. The molecule has 0 aliphatic carbocycles. The minimum Gasteiger partial charge on any atom is -0.489 e. The van der Waals surface area contributed by atoms with Crippen molar-refractivity contribution in [3.63, 3.8) is 0 Å². The van der Waals surface area contributed by atoms with Crippen LogP contribution in [0.4, 0.5) is 26.3 Å². The van der Waals surface area contributed by atoms with Crippen LogP contribution in [0.3, 0.4) is 0 Å². The maximum absolute atomic E-state index is 12.9. The van der Waals surface area contributed by atoms with Gasteiger partial charge in [-0.1, -0.05) is 18.2 Å². The van der Waals surface area contributed by atoms with Crippen molar-refractivity contribution in [1.82, 2.24) is 0 Å². The topological polar surface area (TPSA) is 29.5 Å². The predicted octanol–water partition coefficient (Wildman–Crippen LogP) is 5.24. The van der Waals surface area contributed by atoms with E-state index in [1.807, 2.05) is 0 Å². The lowest BCUT2D eigenvalue weighted by molar-refractivity contribution is -0.373. The average molecular weight is 425 g/mol. The fourth-order valence-electron chi connectivity index (χ4n) is 3.18. The van der Waals surface area contributed by atoms with Crippen LogP contribution in [-0.2, 0) is 10.9 Å². The van der Waals surface area contributed by atoms with Crippen LogP contribution in [0.15, 0.2) is 41.3 Å². The van der Waals surface area contributed by atoms with Crippen molar-refractivity contribution >= 4 is 21.7 Å². The molecule has 28 heavy (non-hydrogen) atoms. The van der Waals surface area contributed by atoms with E-state index in [1.165, 1.54) is 6.07 Å². The molecular weight excluding hydrogens is 406 g/mol. The van der Waals surface area contributed by atoms with Crippen LogP contribution in [0.25, 0.3) is 10.8 Å². The Labute approximate surface area is 160 Å². The fraction of sp³-hybridized carbons (Fsp3) is 0.474. The van der Waals surface area contributed by atoms with Gasteiger partial charge in [-0.2, -0.15) is 26.3 Å².